The molecule has 20 heavy (non-hydrogen) atoms. The Hall–Kier alpha value is -1.63. The highest BCUT2D eigenvalue weighted by molar-refractivity contribution is 5.78. The van der Waals surface area contributed by atoms with E-state index in [4.69, 9.17) is 0 Å². The fourth-order valence-corrected chi connectivity index (χ4v) is 2.56. The zero-order valence-electron chi connectivity index (χ0n) is 12.1. The largest absolute Gasteiger partial charge is 0.355 e. The molecule has 1 aliphatic heterocycles. The number of aromatic nitrogens is 3. The van der Waals surface area contributed by atoms with Crippen molar-refractivity contribution < 1.29 is 4.79 Å². The maximum Gasteiger partial charge on any atom is 0.340 e. The summed E-state index contributed by atoms with van der Waals surface area (Å²) >= 11 is 0. The van der Waals surface area contributed by atoms with Crippen LogP contribution in [0.1, 0.15) is 32.5 Å². The second-order valence-corrected chi connectivity index (χ2v) is 5.59. The molecule has 0 bridgehead atoms. The third kappa shape index (κ3) is 3.93. The zero-order valence-corrected chi connectivity index (χ0v) is 12.1. The normalized spacial score (nSPS) is 20.2. The van der Waals surface area contributed by atoms with E-state index in [2.05, 4.69) is 39.2 Å². The number of aromatic amines is 2. The molecular formula is C13H23N5O2. The minimum atomic E-state index is -0.314. The van der Waals surface area contributed by atoms with Crippen LogP contribution in [0.2, 0.25) is 0 Å². The number of likely N-dealkylation sites (tertiary alicyclic amines) is 1. The molecule has 112 valence electrons. The SMILES string of the molecule is CC(C)N1CCCC(C(=O)NCCc2n[nH]c(=O)[nH]2)C1. The van der Waals surface area contributed by atoms with E-state index in [1.165, 1.54) is 0 Å². The van der Waals surface area contributed by atoms with E-state index >= 15 is 0 Å². The minimum Gasteiger partial charge on any atom is -0.355 e. The van der Waals surface area contributed by atoms with Crippen LogP contribution in [0.15, 0.2) is 4.79 Å². The molecule has 2 heterocycles. The summed E-state index contributed by atoms with van der Waals surface area (Å²) in [4.78, 5) is 27.9. The topological polar surface area (TPSA) is 93.9 Å². The predicted octanol–water partition coefficient (Wildman–Crippen LogP) is -0.123. The van der Waals surface area contributed by atoms with Gasteiger partial charge in [0.1, 0.15) is 5.82 Å². The maximum absolute atomic E-state index is 12.1. The predicted molar refractivity (Wildman–Crippen MR) is 75.4 cm³/mol. The molecular weight excluding hydrogens is 258 g/mol. The highest BCUT2D eigenvalue weighted by Crippen LogP contribution is 2.18. The van der Waals surface area contributed by atoms with Crippen molar-refractivity contribution in [3.8, 4) is 0 Å². The number of H-pyrrole nitrogens is 2. The minimum absolute atomic E-state index is 0.0735. The third-order valence-electron chi connectivity index (χ3n) is 3.77. The van der Waals surface area contributed by atoms with E-state index in [1.807, 2.05) is 0 Å². The second kappa shape index (κ2) is 6.69. The van der Waals surface area contributed by atoms with Crippen LogP contribution < -0.4 is 11.0 Å². The summed E-state index contributed by atoms with van der Waals surface area (Å²) in [5, 5.41) is 9.04. The molecule has 0 saturated carbocycles. The van der Waals surface area contributed by atoms with Gasteiger partial charge in [0.05, 0.1) is 5.92 Å². The zero-order chi connectivity index (χ0) is 14.5. The van der Waals surface area contributed by atoms with Crippen molar-refractivity contribution in [3.05, 3.63) is 16.3 Å². The molecule has 1 aliphatic rings. The maximum atomic E-state index is 12.1. The Labute approximate surface area is 118 Å². The molecule has 0 radical (unpaired) electrons. The number of hydrogen-bond acceptors (Lipinski definition) is 4. The summed E-state index contributed by atoms with van der Waals surface area (Å²) in [5.74, 6) is 0.750. The molecule has 1 fully saturated rings. The van der Waals surface area contributed by atoms with E-state index in [0.717, 1.165) is 25.9 Å². The van der Waals surface area contributed by atoms with Crippen molar-refractivity contribution >= 4 is 5.91 Å². The third-order valence-corrected chi connectivity index (χ3v) is 3.77. The summed E-state index contributed by atoms with van der Waals surface area (Å²) in [5.41, 5.74) is -0.314. The Bertz CT molecular complexity index is 493. The van der Waals surface area contributed by atoms with Gasteiger partial charge in [0.2, 0.25) is 5.91 Å². The molecule has 0 aliphatic carbocycles. The average Bonchev–Trinajstić information content (AvgIpc) is 2.84. The van der Waals surface area contributed by atoms with Crippen molar-refractivity contribution in [3.63, 3.8) is 0 Å². The number of amides is 1. The fraction of sp³-hybridized carbons (Fsp3) is 0.769. The molecule has 2 rings (SSSR count). The molecule has 3 N–H and O–H groups in total. The van der Waals surface area contributed by atoms with E-state index in [9.17, 15) is 9.59 Å². The lowest BCUT2D eigenvalue weighted by molar-refractivity contribution is -0.126. The van der Waals surface area contributed by atoms with Gasteiger partial charge in [0, 0.05) is 25.6 Å². The van der Waals surface area contributed by atoms with Crippen LogP contribution in [0.4, 0.5) is 0 Å². The van der Waals surface area contributed by atoms with Gasteiger partial charge < -0.3 is 10.2 Å². The first-order chi connectivity index (χ1) is 9.56. The van der Waals surface area contributed by atoms with Gasteiger partial charge in [-0.15, -0.1) is 0 Å². The Morgan fingerprint density at radius 1 is 1.55 bits per heavy atom. The van der Waals surface area contributed by atoms with Crippen LogP contribution in [0.3, 0.4) is 0 Å². The number of carbonyl (C=O) groups is 1. The summed E-state index contributed by atoms with van der Waals surface area (Å²) in [7, 11) is 0. The van der Waals surface area contributed by atoms with Gasteiger partial charge in [-0.3, -0.25) is 9.78 Å². The molecule has 1 aromatic rings. The lowest BCUT2D eigenvalue weighted by Gasteiger charge is -2.34. The van der Waals surface area contributed by atoms with Gasteiger partial charge >= 0.3 is 5.69 Å². The number of rotatable bonds is 5. The molecule has 1 atom stereocenters. The number of piperidine rings is 1. The number of nitrogens with zero attached hydrogens (tertiary/aromatic N) is 2. The molecule has 1 amide bonds. The quantitative estimate of drug-likeness (QED) is 0.701. The Balaban J connectivity index is 1.75. The van der Waals surface area contributed by atoms with Crippen LogP contribution >= 0.6 is 0 Å². The van der Waals surface area contributed by atoms with Crippen molar-refractivity contribution in [2.75, 3.05) is 19.6 Å². The van der Waals surface area contributed by atoms with Crippen LogP contribution in [0.5, 0.6) is 0 Å². The number of carbonyl (C=O) groups excluding carboxylic acids is 1. The van der Waals surface area contributed by atoms with E-state index in [-0.39, 0.29) is 17.5 Å². The monoisotopic (exact) mass is 281 g/mol. The molecule has 1 unspecified atom stereocenters. The van der Waals surface area contributed by atoms with Crippen molar-refractivity contribution in [2.24, 2.45) is 5.92 Å². The standard InChI is InChI=1S/C13H23N5O2/c1-9(2)18-7-3-4-10(8-18)12(19)14-6-5-11-15-13(20)17-16-11/h9-10H,3-8H2,1-2H3,(H,14,19)(H2,15,16,17,20). The van der Waals surface area contributed by atoms with E-state index in [0.29, 0.717) is 24.8 Å². The summed E-state index contributed by atoms with van der Waals surface area (Å²) in [6.07, 6.45) is 2.56. The fourth-order valence-electron chi connectivity index (χ4n) is 2.56. The Kier molecular flexibility index (Phi) is 4.94. The molecule has 1 saturated heterocycles. The van der Waals surface area contributed by atoms with Gasteiger partial charge in [-0.2, -0.15) is 5.10 Å². The Morgan fingerprint density at radius 3 is 3.00 bits per heavy atom. The van der Waals surface area contributed by atoms with Crippen molar-refractivity contribution in [1.82, 2.24) is 25.4 Å². The van der Waals surface area contributed by atoms with Gasteiger partial charge in [-0.25, -0.2) is 9.89 Å². The summed E-state index contributed by atoms with van der Waals surface area (Å²) in [6.45, 7) is 6.74. The smallest absolute Gasteiger partial charge is 0.340 e. The van der Waals surface area contributed by atoms with Gasteiger partial charge in [-0.1, -0.05) is 0 Å². The average molecular weight is 281 g/mol. The number of nitrogens with one attached hydrogen (secondary N) is 3. The van der Waals surface area contributed by atoms with Crippen LogP contribution in [-0.2, 0) is 11.2 Å². The first-order valence-electron chi connectivity index (χ1n) is 7.21. The lowest BCUT2D eigenvalue weighted by Crippen LogP contribution is -2.45. The van der Waals surface area contributed by atoms with Gasteiger partial charge in [0.15, 0.2) is 0 Å². The van der Waals surface area contributed by atoms with Crippen molar-refractivity contribution in [1.29, 1.82) is 0 Å². The molecule has 1 aromatic heterocycles. The lowest BCUT2D eigenvalue weighted by atomic mass is 9.96. The van der Waals surface area contributed by atoms with Crippen LogP contribution in [0, 0.1) is 5.92 Å². The number of hydrogen-bond donors (Lipinski definition) is 3. The second-order valence-electron chi connectivity index (χ2n) is 5.59. The summed E-state index contributed by atoms with van der Waals surface area (Å²) < 4.78 is 0. The highest BCUT2D eigenvalue weighted by atomic mass is 16.2. The highest BCUT2D eigenvalue weighted by Gasteiger charge is 2.26. The molecule has 7 heteroatoms. The molecule has 7 nitrogen and oxygen atoms in total. The molecule has 0 aromatic carbocycles. The van der Waals surface area contributed by atoms with Gasteiger partial charge in [-0.05, 0) is 33.2 Å². The van der Waals surface area contributed by atoms with E-state index in [1.54, 1.807) is 0 Å². The first-order valence-corrected chi connectivity index (χ1v) is 7.21. The van der Waals surface area contributed by atoms with Crippen molar-refractivity contribution in [2.45, 2.75) is 39.2 Å². The summed E-state index contributed by atoms with van der Waals surface area (Å²) in [6, 6.07) is 0.486. The Morgan fingerprint density at radius 2 is 2.35 bits per heavy atom. The van der Waals surface area contributed by atoms with E-state index < -0.39 is 0 Å². The van der Waals surface area contributed by atoms with Gasteiger partial charge in [0.25, 0.3) is 0 Å². The molecule has 0 spiro atoms. The first kappa shape index (κ1) is 14.8. The van der Waals surface area contributed by atoms with Crippen LogP contribution in [0.25, 0.3) is 0 Å². The van der Waals surface area contributed by atoms with Crippen LogP contribution in [-0.4, -0.2) is 51.7 Å².